The standard InChI is InChI=1S/C15H17F2N3O2S/c1-2-3-11-7-21-15(22-11,8-20-14(23)18-9-19-20)12-5-4-10(16)6-13(12)17/h4-6,9,11H,2-3,7-8H2,1H3,(H,18,19,23). The van der Waals surface area contributed by atoms with Crippen LogP contribution in [0.4, 0.5) is 8.78 Å². The van der Waals surface area contributed by atoms with E-state index < -0.39 is 17.4 Å². The number of aromatic nitrogens is 3. The summed E-state index contributed by atoms with van der Waals surface area (Å²) in [6.45, 7) is 2.48. The molecule has 1 aliphatic heterocycles. The summed E-state index contributed by atoms with van der Waals surface area (Å²) in [6, 6.07) is 3.36. The molecular weight excluding hydrogens is 324 g/mol. The molecule has 1 saturated heterocycles. The van der Waals surface area contributed by atoms with Gasteiger partial charge in [-0.3, -0.25) is 9.78 Å². The highest BCUT2D eigenvalue weighted by molar-refractivity contribution is 7.71. The maximum atomic E-state index is 14.3. The molecule has 0 radical (unpaired) electrons. The molecule has 1 fully saturated rings. The number of H-pyrrole nitrogens is 1. The third kappa shape index (κ3) is 3.19. The fourth-order valence-electron chi connectivity index (χ4n) is 2.74. The summed E-state index contributed by atoms with van der Waals surface area (Å²) in [6.07, 6.45) is 3.00. The van der Waals surface area contributed by atoms with Crippen molar-refractivity contribution < 1.29 is 18.3 Å². The molecule has 0 aliphatic carbocycles. The lowest BCUT2D eigenvalue weighted by atomic mass is 10.0. The van der Waals surface area contributed by atoms with Crippen LogP contribution in [0, 0.1) is 16.4 Å². The van der Waals surface area contributed by atoms with Gasteiger partial charge in [0.1, 0.15) is 24.5 Å². The number of ether oxygens (including phenoxy) is 2. The molecule has 2 heterocycles. The summed E-state index contributed by atoms with van der Waals surface area (Å²) in [5, 5.41) is 2.85. The first kappa shape index (κ1) is 16.2. The molecule has 3 rings (SSSR count). The highest BCUT2D eigenvalue weighted by Crippen LogP contribution is 2.38. The number of rotatable bonds is 5. The topological polar surface area (TPSA) is 52.1 Å². The molecule has 0 amide bonds. The summed E-state index contributed by atoms with van der Waals surface area (Å²) >= 11 is 5.11. The van der Waals surface area contributed by atoms with Crippen LogP contribution in [-0.4, -0.2) is 27.5 Å². The number of nitrogens with zero attached hydrogens (tertiary/aromatic N) is 2. The lowest BCUT2D eigenvalue weighted by molar-refractivity contribution is -0.191. The molecule has 5 nitrogen and oxygen atoms in total. The van der Waals surface area contributed by atoms with Crippen molar-refractivity contribution in [2.75, 3.05) is 6.61 Å². The van der Waals surface area contributed by atoms with Crippen LogP contribution in [0.3, 0.4) is 0 Å². The largest absolute Gasteiger partial charge is 0.342 e. The maximum absolute atomic E-state index is 14.3. The van der Waals surface area contributed by atoms with Crippen molar-refractivity contribution in [2.45, 2.75) is 38.2 Å². The molecule has 2 aromatic rings. The number of halogens is 2. The lowest BCUT2D eigenvalue weighted by Gasteiger charge is -2.29. The number of hydrogen-bond acceptors (Lipinski definition) is 4. The van der Waals surface area contributed by atoms with Crippen molar-refractivity contribution in [2.24, 2.45) is 0 Å². The first-order valence-corrected chi connectivity index (χ1v) is 7.82. The Morgan fingerprint density at radius 3 is 2.96 bits per heavy atom. The van der Waals surface area contributed by atoms with Gasteiger partial charge in [0.2, 0.25) is 10.6 Å². The molecule has 8 heteroatoms. The number of benzene rings is 1. The Hall–Kier alpha value is -1.64. The van der Waals surface area contributed by atoms with E-state index in [-0.39, 0.29) is 18.2 Å². The van der Waals surface area contributed by atoms with E-state index in [2.05, 4.69) is 10.1 Å². The molecule has 2 atom stereocenters. The fraction of sp³-hybridized carbons (Fsp3) is 0.467. The summed E-state index contributed by atoms with van der Waals surface area (Å²) in [5.41, 5.74) is 0.147. The molecule has 124 valence electrons. The van der Waals surface area contributed by atoms with Crippen molar-refractivity contribution in [3.05, 3.63) is 46.5 Å². The second-order valence-corrected chi connectivity index (χ2v) is 5.84. The molecule has 0 saturated carbocycles. The summed E-state index contributed by atoms with van der Waals surface area (Å²) in [7, 11) is 0. The summed E-state index contributed by atoms with van der Waals surface area (Å²) < 4.78 is 41.3. The first-order valence-electron chi connectivity index (χ1n) is 7.41. The van der Waals surface area contributed by atoms with Crippen LogP contribution in [0.2, 0.25) is 0 Å². The van der Waals surface area contributed by atoms with Gasteiger partial charge in [-0.05, 0) is 30.8 Å². The second kappa shape index (κ2) is 6.46. The fourth-order valence-corrected chi connectivity index (χ4v) is 2.91. The van der Waals surface area contributed by atoms with Crippen molar-refractivity contribution in [3.8, 4) is 0 Å². The van der Waals surface area contributed by atoms with E-state index in [1.807, 2.05) is 6.92 Å². The van der Waals surface area contributed by atoms with Gasteiger partial charge in [-0.15, -0.1) is 0 Å². The Morgan fingerprint density at radius 2 is 2.30 bits per heavy atom. The Bertz CT molecular complexity index is 748. The zero-order valence-electron chi connectivity index (χ0n) is 12.6. The van der Waals surface area contributed by atoms with Crippen LogP contribution in [0.5, 0.6) is 0 Å². The quantitative estimate of drug-likeness (QED) is 0.848. The van der Waals surface area contributed by atoms with Gasteiger partial charge in [0.15, 0.2) is 0 Å². The molecule has 0 spiro atoms. The maximum Gasteiger partial charge on any atom is 0.218 e. The molecular formula is C15H17F2N3O2S. The van der Waals surface area contributed by atoms with Crippen molar-refractivity contribution in [1.82, 2.24) is 14.8 Å². The van der Waals surface area contributed by atoms with E-state index in [0.29, 0.717) is 11.4 Å². The third-order valence-corrected chi connectivity index (χ3v) is 4.12. The van der Waals surface area contributed by atoms with Gasteiger partial charge in [0, 0.05) is 11.6 Å². The van der Waals surface area contributed by atoms with Crippen LogP contribution in [0.25, 0.3) is 0 Å². The van der Waals surface area contributed by atoms with Gasteiger partial charge in [0.05, 0.1) is 12.7 Å². The molecule has 1 N–H and O–H groups in total. The predicted molar refractivity (Wildman–Crippen MR) is 81.2 cm³/mol. The van der Waals surface area contributed by atoms with Crippen LogP contribution in [-0.2, 0) is 21.8 Å². The van der Waals surface area contributed by atoms with E-state index in [1.165, 1.54) is 23.1 Å². The Morgan fingerprint density at radius 1 is 1.48 bits per heavy atom. The molecule has 1 aromatic carbocycles. The molecule has 1 aliphatic rings. The molecule has 2 unspecified atom stereocenters. The Labute approximate surface area is 137 Å². The second-order valence-electron chi connectivity index (χ2n) is 5.47. The van der Waals surface area contributed by atoms with Crippen LogP contribution in [0.1, 0.15) is 25.3 Å². The molecule has 23 heavy (non-hydrogen) atoms. The van der Waals surface area contributed by atoms with E-state index in [1.54, 1.807) is 0 Å². The first-order chi connectivity index (χ1) is 11.0. The Kier molecular flexibility index (Phi) is 4.56. The zero-order valence-corrected chi connectivity index (χ0v) is 13.4. The number of hydrogen-bond donors (Lipinski definition) is 1. The lowest BCUT2D eigenvalue weighted by Crippen LogP contribution is -2.35. The summed E-state index contributed by atoms with van der Waals surface area (Å²) in [4.78, 5) is 3.93. The van der Waals surface area contributed by atoms with Crippen molar-refractivity contribution in [3.63, 3.8) is 0 Å². The van der Waals surface area contributed by atoms with Gasteiger partial charge in [-0.25, -0.2) is 13.8 Å². The summed E-state index contributed by atoms with van der Waals surface area (Å²) in [5.74, 6) is -2.72. The minimum absolute atomic E-state index is 0.106. The van der Waals surface area contributed by atoms with E-state index in [4.69, 9.17) is 21.7 Å². The normalized spacial score (nSPS) is 24.2. The smallest absolute Gasteiger partial charge is 0.218 e. The van der Waals surface area contributed by atoms with Crippen LogP contribution in [0.15, 0.2) is 24.5 Å². The monoisotopic (exact) mass is 341 g/mol. The van der Waals surface area contributed by atoms with Crippen LogP contribution < -0.4 is 0 Å². The van der Waals surface area contributed by atoms with E-state index in [9.17, 15) is 8.78 Å². The van der Waals surface area contributed by atoms with Gasteiger partial charge in [-0.1, -0.05) is 13.3 Å². The van der Waals surface area contributed by atoms with E-state index in [0.717, 1.165) is 18.9 Å². The average Bonchev–Trinajstić information content (AvgIpc) is 3.08. The molecule has 1 aromatic heterocycles. The zero-order chi connectivity index (χ0) is 16.4. The minimum Gasteiger partial charge on any atom is -0.342 e. The van der Waals surface area contributed by atoms with Crippen molar-refractivity contribution >= 4 is 12.2 Å². The van der Waals surface area contributed by atoms with Gasteiger partial charge in [-0.2, -0.15) is 0 Å². The Balaban J connectivity index is 2.00. The van der Waals surface area contributed by atoms with Gasteiger partial charge >= 0.3 is 0 Å². The van der Waals surface area contributed by atoms with Crippen molar-refractivity contribution in [1.29, 1.82) is 0 Å². The number of aromatic amines is 1. The highest BCUT2D eigenvalue weighted by atomic mass is 32.1. The number of nitrogens with one attached hydrogen (secondary N) is 1. The molecule has 0 bridgehead atoms. The third-order valence-electron chi connectivity index (χ3n) is 3.80. The van der Waals surface area contributed by atoms with Gasteiger partial charge in [0.25, 0.3) is 0 Å². The average molecular weight is 341 g/mol. The minimum atomic E-state index is -1.36. The van der Waals surface area contributed by atoms with Gasteiger partial charge < -0.3 is 9.47 Å². The van der Waals surface area contributed by atoms with Crippen LogP contribution >= 0.6 is 12.2 Å². The van der Waals surface area contributed by atoms with E-state index >= 15 is 0 Å². The SMILES string of the molecule is CCCC1COC(Cn2[nH]cnc2=S)(c2ccc(F)cc2F)O1. The highest BCUT2D eigenvalue weighted by Gasteiger charge is 2.45. The predicted octanol–water partition coefficient (Wildman–Crippen LogP) is 3.29.